The van der Waals surface area contributed by atoms with Gasteiger partial charge in [-0.25, -0.2) is 29.6 Å². The number of alkyl halides is 1. The Morgan fingerprint density at radius 3 is 1.29 bits per heavy atom. The standard InChI is InChI=1S/C4H9FO6S3/c1-12(6,7)4(13(2,8)9)14(10,11)3-5/h4H,3H2,1-2H3. The van der Waals surface area contributed by atoms with E-state index in [1.54, 1.807) is 0 Å². The maximum atomic E-state index is 12.0. The van der Waals surface area contributed by atoms with Gasteiger partial charge in [0.25, 0.3) is 3.91 Å². The van der Waals surface area contributed by atoms with Crippen molar-refractivity contribution < 1.29 is 29.6 Å². The van der Waals surface area contributed by atoms with Crippen LogP contribution in [-0.4, -0.2) is 47.7 Å². The van der Waals surface area contributed by atoms with Crippen LogP contribution in [0.1, 0.15) is 0 Å². The number of rotatable bonds is 4. The minimum absolute atomic E-state index is 0.423. The average Bonchev–Trinajstić information content (AvgIpc) is 1.79. The van der Waals surface area contributed by atoms with E-state index in [-0.39, 0.29) is 0 Å². The van der Waals surface area contributed by atoms with Gasteiger partial charge in [-0.2, -0.15) is 0 Å². The van der Waals surface area contributed by atoms with Gasteiger partial charge in [-0.15, -0.1) is 0 Å². The molecule has 0 saturated carbocycles. The first-order valence-corrected chi connectivity index (χ1v) is 8.70. The first-order chi connectivity index (χ1) is 5.93. The molecule has 0 rings (SSSR count). The maximum Gasteiger partial charge on any atom is 0.264 e. The largest absolute Gasteiger partial charge is 0.264 e. The summed E-state index contributed by atoms with van der Waals surface area (Å²) in [6.45, 7) is 0. The fraction of sp³-hybridized carbons (Fsp3) is 1.00. The van der Waals surface area contributed by atoms with Crippen LogP contribution >= 0.6 is 0 Å². The van der Waals surface area contributed by atoms with Gasteiger partial charge in [0.2, 0.25) is 9.84 Å². The molecule has 0 radical (unpaired) electrons. The van der Waals surface area contributed by atoms with Gasteiger partial charge in [0.1, 0.15) is 0 Å². The highest BCUT2D eigenvalue weighted by Crippen LogP contribution is 2.16. The lowest BCUT2D eigenvalue weighted by Gasteiger charge is -2.11. The van der Waals surface area contributed by atoms with E-state index < -0.39 is 39.4 Å². The van der Waals surface area contributed by atoms with Crippen LogP contribution < -0.4 is 0 Å². The molecule has 0 N–H and O–H groups in total. The maximum absolute atomic E-state index is 12.0. The first kappa shape index (κ1) is 13.8. The third kappa shape index (κ3) is 3.17. The summed E-state index contributed by atoms with van der Waals surface area (Å²) in [6, 6.07) is -2.03. The van der Waals surface area contributed by atoms with E-state index in [0.29, 0.717) is 12.5 Å². The fourth-order valence-corrected chi connectivity index (χ4v) is 8.11. The number of sulfone groups is 3. The van der Waals surface area contributed by atoms with Crippen molar-refractivity contribution in [1.82, 2.24) is 0 Å². The van der Waals surface area contributed by atoms with E-state index in [1.807, 2.05) is 0 Å². The summed E-state index contributed by atoms with van der Waals surface area (Å²) in [5, 5.41) is 0. The second kappa shape index (κ2) is 3.74. The van der Waals surface area contributed by atoms with Gasteiger partial charge in [0.15, 0.2) is 25.7 Å². The van der Waals surface area contributed by atoms with Gasteiger partial charge >= 0.3 is 0 Å². The summed E-state index contributed by atoms with van der Waals surface area (Å²) >= 11 is 0. The van der Waals surface area contributed by atoms with E-state index in [2.05, 4.69) is 0 Å². The molecule has 0 amide bonds. The molecule has 0 spiro atoms. The van der Waals surface area contributed by atoms with Crippen LogP contribution in [0.3, 0.4) is 0 Å². The van der Waals surface area contributed by atoms with Gasteiger partial charge in [-0.1, -0.05) is 0 Å². The second-order valence-electron chi connectivity index (χ2n) is 2.72. The topological polar surface area (TPSA) is 102 Å². The van der Waals surface area contributed by atoms with Gasteiger partial charge in [-0.05, 0) is 0 Å². The Balaban J connectivity index is 5.90. The van der Waals surface area contributed by atoms with Crippen LogP contribution in [0.5, 0.6) is 0 Å². The zero-order chi connectivity index (χ0) is 11.8. The number of halogens is 1. The lowest BCUT2D eigenvalue weighted by molar-refractivity contribution is 0.532. The fourth-order valence-electron chi connectivity index (χ4n) is 0.902. The Morgan fingerprint density at radius 2 is 1.21 bits per heavy atom. The van der Waals surface area contributed by atoms with Crippen molar-refractivity contribution in [1.29, 1.82) is 0 Å². The molecule has 0 aromatic rings. The molecule has 86 valence electrons. The zero-order valence-electron chi connectivity index (χ0n) is 7.34. The Hall–Kier alpha value is -0.220. The Labute approximate surface area is 81.9 Å². The van der Waals surface area contributed by atoms with E-state index >= 15 is 0 Å². The molecule has 0 heterocycles. The quantitative estimate of drug-likeness (QED) is 0.628. The summed E-state index contributed by atoms with van der Waals surface area (Å²) in [4.78, 5) is 0. The van der Waals surface area contributed by atoms with E-state index in [9.17, 15) is 29.6 Å². The molecule has 0 aromatic heterocycles. The third-order valence-corrected chi connectivity index (χ3v) is 9.39. The molecule has 0 aliphatic rings. The van der Waals surface area contributed by atoms with E-state index in [0.717, 1.165) is 0 Å². The Kier molecular flexibility index (Phi) is 3.68. The van der Waals surface area contributed by atoms with E-state index in [4.69, 9.17) is 0 Å². The molecule has 0 aliphatic heterocycles. The van der Waals surface area contributed by atoms with Crippen LogP contribution in [0, 0.1) is 0 Å². The molecule has 0 atom stereocenters. The summed E-state index contributed by atoms with van der Waals surface area (Å²) < 4.78 is 74.4. The molecule has 0 saturated heterocycles. The van der Waals surface area contributed by atoms with Crippen molar-refractivity contribution in [3.05, 3.63) is 0 Å². The normalized spacial score (nSPS) is 14.6. The molecule has 0 aliphatic carbocycles. The molecule has 0 aromatic carbocycles. The predicted octanol–water partition coefficient (Wildman–Crippen LogP) is -1.30. The van der Waals surface area contributed by atoms with Crippen molar-refractivity contribution >= 4 is 29.5 Å². The highest BCUT2D eigenvalue weighted by molar-refractivity contribution is 8.23. The molecule has 10 heteroatoms. The smallest absolute Gasteiger partial charge is 0.234 e. The lowest BCUT2D eigenvalue weighted by Crippen LogP contribution is -2.37. The number of hydrogen-bond donors (Lipinski definition) is 0. The summed E-state index contributed by atoms with van der Waals surface area (Å²) in [7, 11) is -13.6. The third-order valence-electron chi connectivity index (χ3n) is 1.14. The van der Waals surface area contributed by atoms with Crippen LogP contribution in [0.15, 0.2) is 0 Å². The van der Waals surface area contributed by atoms with E-state index in [1.165, 1.54) is 0 Å². The molecule has 14 heavy (non-hydrogen) atoms. The van der Waals surface area contributed by atoms with Crippen LogP contribution in [0.4, 0.5) is 4.39 Å². The molecule has 6 nitrogen and oxygen atoms in total. The number of hydrogen-bond acceptors (Lipinski definition) is 6. The van der Waals surface area contributed by atoms with Gasteiger partial charge < -0.3 is 0 Å². The van der Waals surface area contributed by atoms with Gasteiger partial charge in [0, 0.05) is 12.5 Å². The van der Waals surface area contributed by atoms with Gasteiger partial charge in [-0.3, -0.25) is 0 Å². The van der Waals surface area contributed by atoms with Crippen molar-refractivity contribution in [2.24, 2.45) is 0 Å². The summed E-state index contributed by atoms with van der Waals surface area (Å²) in [5.74, 6) is 0. The van der Waals surface area contributed by atoms with Crippen LogP contribution in [-0.2, 0) is 29.5 Å². The second-order valence-corrected chi connectivity index (χ2v) is 9.89. The monoisotopic (exact) mass is 268 g/mol. The lowest BCUT2D eigenvalue weighted by atomic mass is 11.8. The molecular weight excluding hydrogens is 259 g/mol. The van der Waals surface area contributed by atoms with Crippen molar-refractivity contribution in [3.63, 3.8) is 0 Å². The molecule has 0 unspecified atom stereocenters. The van der Waals surface area contributed by atoms with Crippen molar-refractivity contribution in [2.45, 2.75) is 3.91 Å². The SMILES string of the molecule is CS(=O)(=O)C(S(C)(=O)=O)S(=O)(=O)CF. The van der Waals surface area contributed by atoms with Crippen molar-refractivity contribution in [3.8, 4) is 0 Å². The van der Waals surface area contributed by atoms with Crippen molar-refractivity contribution in [2.75, 3.05) is 18.5 Å². The minimum atomic E-state index is -4.82. The van der Waals surface area contributed by atoms with Crippen LogP contribution in [0.25, 0.3) is 0 Å². The highest BCUT2D eigenvalue weighted by Gasteiger charge is 2.43. The van der Waals surface area contributed by atoms with Crippen LogP contribution in [0.2, 0.25) is 0 Å². The summed E-state index contributed by atoms with van der Waals surface area (Å²) in [5.41, 5.74) is 0. The minimum Gasteiger partial charge on any atom is -0.234 e. The first-order valence-electron chi connectivity index (χ1n) is 3.08. The molecule has 0 bridgehead atoms. The average molecular weight is 268 g/mol. The highest BCUT2D eigenvalue weighted by atomic mass is 32.3. The Bertz CT molecular complexity index is 465. The zero-order valence-corrected chi connectivity index (χ0v) is 9.79. The van der Waals surface area contributed by atoms with Gasteiger partial charge in [0.05, 0.1) is 0 Å². The Morgan fingerprint density at radius 1 is 0.929 bits per heavy atom. The molecule has 0 fully saturated rings. The summed E-state index contributed by atoms with van der Waals surface area (Å²) in [6.07, 6.45) is 0.845. The predicted molar refractivity (Wildman–Crippen MR) is 48.4 cm³/mol. The molecular formula is C4H9FO6S3.